The summed E-state index contributed by atoms with van der Waals surface area (Å²) in [5.74, 6) is 1.85. The summed E-state index contributed by atoms with van der Waals surface area (Å²) in [6.07, 6.45) is 4.77. The van der Waals surface area contributed by atoms with Crippen LogP contribution in [-0.2, 0) is 21.1 Å². The van der Waals surface area contributed by atoms with Gasteiger partial charge in [-0.15, -0.1) is 0 Å². The second-order valence-corrected chi connectivity index (χ2v) is 19.2. The first kappa shape index (κ1) is 57.4. The third-order valence-corrected chi connectivity index (χ3v) is 13.6. The highest BCUT2D eigenvalue weighted by molar-refractivity contribution is 5.59. The number of hydrogen-bond donors (Lipinski definition) is 0. The lowest BCUT2D eigenvalue weighted by Gasteiger charge is -2.12. The van der Waals surface area contributed by atoms with Crippen LogP contribution in [0.25, 0.3) is 68.3 Å². The number of para-hydroxylation sites is 1. The van der Waals surface area contributed by atoms with E-state index in [4.69, 9.17) is 14.2 Å². The van der Waals surface area contributed by atoms with Crippen molar-refractivity contribution in [3.8, 4) is 85.5 Å². The molecule has 6 heterocycles. The topological polar surface area (TPSA) is 252 Å². The van der Waals surface area contributed by atoms with Gasteiger partial charge < -0.3 is 14.2 Å². The van der Waals surface area contributed by atoms with E-state index in [-0.39, 0.29) is 17.1 Å². The molecule has 0 fully saturated rings. The number of nitrogens with zero attached hydrogens (tertiary/aromatic N) is 15. The van der Waals surface area contributed by atoms with Crippen LogP contribution in [-0.4, -0.2) is 93.7 Å². The first-order chi connectivity index (χ1) is 41.6. The molecule has 12 aromatic rings. The maximum absolute atomic E-state index is 12.9. The van der Waals surface area contributed by atoms with Crippen LogP contribution >= 0.6 is 0 Å². The quantitative estimate of drug-likeness (QED) is 0.136. The molecule has 0 N–H and O–H groups in total. The van der Waals surface area contributed by atoms with Gasteiger partial charge in [-0.3, -0.25) is 28.1 Å². The Hall–Kier alpha value is -11.8. The molecular formula is C62H55N15O9. The fourth-order valence-corrected chi connectivity index (χ4v) is 8.99. The molecule has 24 nitrogen and oxygen atoms in total. The molecule has 0 spiro atoms. The van der Waals surface area contributed by atoms with Gasteiger partial charge in [-0.25, -0.2) is 28.4 Å². The highest BCUT2D eigenvalue weighted by Crippen LogP contribution is 2.24. The van der Waals surface area contributed by atoms with Crippen molar-refractivity contribution >= 4 is 0 Å². The van der Waals surface area contributed by atoms with E-state index in [0.29, 0.717) is 51.4 Å². The van der Waals surface area contributed by atoms with E-state index >= 15 is 0 Å². The number of aryl methyl sites for hydroxylation is 2. The summed E-state index contributed by atoms with van der Waals surface area (Å²) in [5.41, 5.74) is 4.73. The summed E-state index contributed by atoms with van der Waals surface area (Å²) in [5, 5.41) is 26.1. The number of aromatic nitrogens is 15. The number of benzene rings is 6. The van der Waals surface area contributed by atoms with Crippen molar-refractivity contribution in [1.82, 2.24) is 72.4 Å². The second-order valence-electron chi connectivity index (χ2n) is 19.2. The van der Waals surface area contributed by atoms with Crippen molar-refractivity contribution in [2.24, 2.45) is 21.1 Å². The van der Waals surface area contributed by atoms with E-state index in [1.807, 2.05) is 98.8 Å². The molecule has 0 bridgehead atoms. The fraction of sp³-hybridized carbons (Fsp3) is 0.129. The number of rotatable bonds is 12. The molecule has 24 heteroatoms. The number of hydrogen-bond acceptors (Lipinski definition) is 15. The monoisotopic (exact) mass is 1150 g/mol. The SMILES string of the molecule is COc1ccc(-n2nccc2-c2nn(-c3cccc(OC)c3)c(=O)n(C)c2=O)cc1.COc1cccc(-n2nc(-c3ccnn3-c3ccccc3)c(=O)n(C)c2=O)c1.Cc1ccc(-n2nccc2-c2nn(-c3cccc(C)c3)c(=O)n(C)c2=O)cc1. The van der Waals surface area contributed by atoms with Gasteiger partial charge in [0, 0.05) is 33.3 Å². The zero-order valence-corrected chi connectivity index (χ0v) is 47.8. The van der Waals surface area contributed by atoms with Gasteiger partial charge in [0.1, 0.15) is 34.3 Å². The predicted molar refractivity (Wildman–Crippen MR) is 322 cm³/mol. The Kier molecular flexibility index (Phi) is 16.5. The molecule has 0 atom stereocenters. The lowest BCUT2D eigenvalue weighted by molar-refractivity contribution is 0.414. The molecule has 432 valence electrons. The average molecular weight is 1150 g/mol. The summed E-state index contributed by atoms with van der Waals surface area (Å²) < 4.78 is 27.2. The molecule has 0 amide bonds. The Morgan fingerprint density at radius 3 is 1.02 bits per heavy atom. The van der Waals surface area contributed by atoms with Crippen LogP contribution in [0.5, 0.6) is 17.2 Å². The summed E-state index contributed by atoms with van der Waals surface area (Å²) in [6.45, 7) is 3.94. The number of methoxy groups -OCH3 is 3. The molecule has 12 rings (SSSR count). The molecule has 0 aliphatic carbocycles. The van der Waals surface area contributed by atoms with Gasteiger partial charge in [0.15, 0.2) is 17.1 Å². The van der Waals surface area contributed by atoms with E-state index < -0.39 is 33.7 Å². The van der Waals surface area contributed by atoms with E-state index in [1.54, 1.807) is 132 Å². The van der Waals surface area contributed by atoms with Crippen molar-refractivity contribution < 1.29 is 14.2 Å². The van der Waals surface area contributed by atoms with Crippen molar-refractivity contribution in [1.29, 1.82) is 0 Å². The lowest BCUT2D eigenvalue weighted by Crippen LogP contribution is -2.40. The Morgan fingerprint density at radius 2 is 0.651 bits per heavy atom. The predicted octanol–water partition coefficient (Wildman–Crippen LogP) is 5.99. The lowest BCUT2D eigenvalue weighted by atomic mass is 10.2. The van der Waals surface area contributed by atoms with Crippen LogP contribution in [0.2, 0.25) is 0 Å². The van der Waals surface area contributed by atoms with E-state index in [0.717, 1.165) is 41.9 Å². The fourth-order valence-electron chi connectivity index (χ4n) is 8.99. The summed E-state index contributed by atoms with van der Waals surface area (Å²) in [7, 11) is 8.96. The highest BCUT2D eigenvalue weighted by atomic mass is 16.5. The minimum atomic E-state index is -0.562. The minimum absolute atomic E-state index is 0.0910. The van der Waals surface area contributed by atoms with Crippen LogP contribution < -0.4 is 48.0 Å². The second kappa shape index (κ2) is 24.7. The highest BCUT2D eigenvalue weighted by Gasteiger charge is 2.22. The molecule has 0 radical (unpaired) electrons. The van der Waals surface area contributed by atoms with Gasteiger partial charge in [0.2, 0.25) is 0 Å². The molecule has 0 unspecified atom stereocenters. The Labute approximate surface area is 488 Å². The summed E-state index contributed by atoms with van der Waals surface area (Å²) in [6, 6.07) is 50.7. The first-order valence-electron chi connectivity index (χ1n) is 26.5. The van der Waals surface area contributed by atoms with Gasteiger partial charge in [-0.1, -0.05) is 60.2 Å². The molecule has 0 saturated heterocycles. The van der Waals surface area contributed by atoms with Crippen LogP contribution in [0.1, 0.15) is 11.1 Å². The molecular weight excluding hydrogens is 1100 g/mol. The van der Waals surface area contributed by atoms with Gasteiger partial charge >= 0.3 is 17.1 Å². The maximum Gasteiger partial charge on any atom is 0.351 e. The van der Waals surface area contributed by atoms with Crippen LogP contribution in [0.4, 0.5) is 0 Å². The van der Waals surface area contributed by atoms with Crippen molar-refractivity contribution in [3.63, 3.8) is 0 Å². The number of ether oxygens (including phenoxy) is 3. The van der Waals surface area contributed by atoms with Gasteiger partial charge in [0.05, 0.1) is 74.0 Å². The van der Waals surface area contributed by atoms with Gasteiger partial charge in [-0.2, -0.15) is 44.6 Å². The molecule has 0 saturated carbocycles. The molecule has 6 aromatic carbocycles. The Bertz CT molecular complexity index is 4810. The largest absolute Gasteiger partial charge is 0.497 e. The Morgan fingerprint density at radius 1 is 0.314 bits per heavy atom. The smallest absolute Gasteiger partial charge is 0.351 e. The van der Waals surface area contributed by atoms with Crippen LogP contribution in [0, 0.1) is 13.8 Å². The van der Waals surface area contributed by atoms with Gasteiger partial charge in [-0.05, 0) is 123 Å². The van der Waals surface area contributed by atoms with Crippen molar-refractivity contribution in [2.45, 2.75) is 13.8 Å². The molecule has 0 aliphatic heterocycles. The maximum atomic E-state index is 12.9. The zero-order chi connectivity index (χ0) is 60.8. The normalized spacial score (nSPS) is 10.8. The Balaban J connectivity index is 0.000000143. The third-order valence-electron chi connectivity index (χ3n) is 13.6. The summed E-state index contributed by atoms with van der Waals surface area (Å²) in [4.78, 5) is 76.5. The first-order valence-corrected chi connectivity index (χ1v) is 26.5. The van der Waals surface area contributed by atoms with E-state index in [2.05, 4.69) is 30.6 Å². The third kappa shape index (κ3) is 11.5. The van der Waals surface area contributed by atoms with Crippen molar-refractivity contribution in [2.75, 3.05) is 21.3 Å². The standard InChI is InChI=1S/C21H19N5O4.C21H19N5O2.C20H17N5O3/c1-24-20(27)19(23-26(21(24)28)15-5-4-6-17(13-15)30-3)18-11-12-22-25(18)14-7-9-16(29-2)10-8-14;1-14-7-9-16(10-8-14)25-18(11-12-22-25)19-20(27)24(3)21(28)26(23-19)17-6-4-5-15(2)13-17;1-23-19(26)18(17-11-12-21-24(17)14-7-4-3-5-8-14)22-25(20(23)27)15-9-6-10-16(13-15)28-2/h4-13H,1-3H3;4-13H,1-3H3;3-13H,1-2H3. The van der Waals surface area contributed by atoms with Crippen LogP contribution in [0.15, 0.2) is 217 Å². The zero-order valence-electron chi connectivity index (χ0n) is 47.8. The van der Waals surface area contributed by atoms with Gasteiger partial charge in [0.25, 0.3) is 16.7 Å². The molecule has 86 heavy (non-hydrogen) atoms. The molecule has 6 aromatic heterocycles. The van der Waals surface area contributed by atoms with E-state index in [9.17, 15) is 28.8 Å². The molecule has 0 aliphatic rings. The van der Waals surface area contributed by atoms with E-state index in [1.165, 1.54) is 42.3 Å². The minimum Gasteiger partial charge on any atom is -0.497 e. The van der Waals surface area contributed by atoms with Crippen LogP contribution in [0.3, 0.4) is 0 Å². The average Bonchev–Trinajstić information content (AvgIpc) is 3.40. The van der Waals surface area contributed by atoms with Crippen molar-refractivity contribution in [3.05, 3.63) is 262 Å². The summed E-state index contributed by atoms with van der Waals surface area (Å²) >= 11 is 0.